The number of benzene rings is 2. The van der Waals surface area contributed by atoms with Gasteiger partial charge in [0, 0.05) is 43.3 Å². The number of amides is 1. The molecule has 1 amide bonds. The summed E-state index contributed by atoms with van der Waals surface area (Å²) in [6.07, 6.45) is 0. The summed E-state index contributed by atoms with van der Waals surface area (Å²) < 4.78 is 0. The van der Waals surface area contributed by atoms with Crippen LogP contribution in [0.15, 0.2) is 54.6 Å². The molecule has 0 fully saturated rings. The normalized spacial score (nSPS) is 10.7. The second kappa shape index (κ2) is 8.00. The van der Waals surface area contributed by atoms with Crippen LogP contribution in [-0.2, 0) is 17.9 Å². The number of aryl methyl sites for hydroxylation is 1. The molecular weight excluding hydrogens is 322 g/mol. The number of hydrogen-bond acceptors (Lipinski definition) is 3. The van der Waals surface area contributed by atoms with Gasteiger partial charge in [0.2, 0.25) is 5.91 Å². The molecule has 0 aliphatic heterocycles. The Hall–Kier alpha value is -2.88. The number of carbonyl (C=O) groups is 1. The highest BCUT2D eigenvalue weighted by atomic mass is 16.2. The molecule has 3 rings (SSSR count). The van der Waals surface area contributed by atoms with Crippen molar-refractivity contribution < 1.29 is 4.79 Å². The minimum absolute atomic E-state index is 0.103. The molecular formula is C22H25N3O. The van der Waals surface area contributed by atoms with Crippen molar-refractivity contribution in [1.82, 2.24) is 9.88 Å². The highest BCUT2D eigenvalue weighted by molar-refractivity contribution is 5.79. The number of rotatable bonds is 6. The van der Waals surface area contributed by atoms with E-state index in [-0.39, 0.29) is 5.91 Å². The highest BCUT2D eigenvalue weighted by Crippen LogP contribution is 2.17. The number of nitrogens with one attached hydrogen (secondary N) is 1. The van der Waals surface area contributed by atoms with Crippen LogP contribution < -0.4 is 5.32 Å². The van der Waals surface area contributed by atoms with Gasteiger partial charge in [-0.15, -0.1) is 0 Å². The molecule has 0 radical (unpaired) electrons. The van der Waals surface area contributed by atoms with E-state index in [0.717, 1.165) is 40.9 Å². The molecule has 26 heavy (non-hydrogen) atoms. The maximum Gasteiger partial charge on any atom is 0.219 e. The van der Waals surface area contributed by atoms with Gasteiger partial charge in [0.15, 0.2) is 0 Å². The lowest BCUT2D eigenvalue weighted by atomic mass is 10.1. The zero-order valence-corrected chi connectivity index (χ0v) is 15.6. The van der Waals surface area contributed by atoms with Crippen LogP contribution in [0.5, 0.6) is 0 Å². The lowest BCUT2D eigenvalue weighted by molar-refractivity contribution is -0.129. The van der Waals surface area contributed by atoms with Gasteiger partial charge in [-0.2, -0.15) is 0 Å². The van der Waals surface area contributed by atoms with Gasteiger partial charge in [-0.25, -0.2) is 0 Å². The molecule has 3 aromatic rings. The Balaban J connectivity index is 1.69. The van der Waals surface area contributed by atoms with Crippen LogP contribution in [0, 0.1) is 6.92 Å². The van der Waals surface area contributed by atoms with Gasteiger partial charge in [0.1, 0.15) is 0 Å². The monoisotopic (exact) mass is 347 g/mol. The van der Waals surface area contributed by atoms with Crippen LogP contribution in [0.4, 0.5) is 5.69 Å². The molecule has 0 atom stereocenters. The zero-order chi connectivity index (χ0) is 18.5. The van der Waals surface area contributed by atoms with Gasteiger partial charge in [-0.1, -0.05) is 24.3 Å². The Morgan fingerprint density at radius 3 is 2.69 bits per heavy atom. The first kappa shape index (κ1) is 17.9. The van der Waals surface area contributed by atoms with Crippen molar-refractivity contribution in [3.8, 4) is 0 Å². The van der Waals surface area contributed by atoms with E-state index in [1.54, 1.807) is 6.92 Å². The van der Waals surface area contributed by atoms with Crippen molar-refractivity contribution in [3.05, 3.63) is 71.4 Å². The summed E-state index contributed by atoms with van der Waals surface area (Å²) in [4.78, 5) is 18.0. The molecule has 1 N–H and O–H groups in total. The van der Waals surface area contributed by atoms with Crippen molar-refractivity contribution in [3.63, 3.8) is 0 Å². The summed E-state index contributed by atoms with van der Waals surface area (Å²) in [7, 11) is 0. The Kier molecular flexibility index (Phi) is 5.52. The molecule has 0 saturated heterocycles. The summed E-state index contributed by atoms with van der Waals surface area (Å²) in [6.45, 7) is 7.73. The van der Waals surface area contributed by atoms with Crippen LogP contribution >= 0.6 is 0 Å². The second-order valence-electron chi connectivity index (χ2n) is 6.57. The van der Waals surface area contributed by atoms with E-state index in [1.165, 1.54) is 5.56 Å². The first-order valence-corrected chi connectivity index (χ1v) is 9.00. The van der Waals surface area contributed by atoms with Crippen LogP contribution in [0.2, 0.25) is 0 Å². The van der Waals surface area contributed by atoms with Gasteiger partial charge < -0.3 is 10.2 Å². The number of aromatic nitrogens is 1. The Morgan fingerprint density at radius 2 is 1.92 bits per heavy atom. The SMILES string of the molecule is CCN(Cc1cccc(NCc2ccc3nc(C)ccc3c2)c1)C(C)=O. The number of carbonyl (C=O) groups excluding carboxylic acids is 1. The van der Waals surface area contributed by atoms with Crippen LogP contribution in [0.25, 0.3) is 10.9 Å². The number of pyridine rings is 1. The van der Waals surface area contributed by atoms with Crippen molar-refractivity contribution in [1.29, 1.82) is 0 Å². The number of nitrogens with zero attached hydrogens (tertiary/aromatic N) is 2. The Morgan fingerprint density at radius 1 is 1.08 bits per heavy atom. The van der Waals surface area contributed by atoms with Crippen LogP contribution in [0.3, 0.4) is 0 Å². The van der Waals surface area contributed by atoms with Gasteiger partial charge >= 0.3 is 0 Å². The van der Waals surface area contributed by atoms with Crippen molar-refractivity contribution in [2.45, 2.75) is 33.9 Å². The van der Waals surface area contributed by atoms with E-state index in [1.807, 2.05) is 30.9 Å². The summed E-state index contributed by atoms with van der Waals surface area (Å²) in [5.41, 5.74) is 5.47. The molecule has 4 heteroatoms. The quantitative estimate of drug-likeness (QED) is 0.713. The molecule has 0 bridgehead atoms. The molecule has 0 aliphatic carbocycles. The number of anilines is 1. The topological polar surface area (TPSA) is 45.2 Å². The molecule has 0 unspecified atom stereocenters. The van der Waals surface area contributed by atoms with Gasteiger partial charge in [-0.05, 0) is 55.3 Å². The highest BCUT2D eigenvalue weighted by Gasteiger charge is 2.07. The fourth-order valence-electron chi connectivity index (χ4n) is 3.04. The van der Waals surface area contributed by atoms with Gasteiger partial charge in [-0.3, -0.25) is 9.78 Å². The molecule has 1 aromatic heterocycles. The zero-order valence-electron chi connectivity index (χ0n) is 15.6. The lowest BCUT2D eigenvalue weighted by Crippen LogP contribution is -2.27. The maximum atomic E-state index is 11.6. The van der Waals surface area contributed by atoms with Crippen molar-refractivity contribution >= 4 is 22.5 Å². The molecule has 0 aliphatic rings. The van der Waals surface area contributed by atoms with Crippen molar-refractivity contribution in [2.75, 3.05) is 11.9 Å². The lowest BCUT2D eigenvalue weighted by Gasteiger charge is -2.19. The molecule has 0 saturated carbocycles. The van der Waals surface area contributed by atoms with E-state index < -0.39 is 0 Å². The summed E-state index contributed by atoms with van der Waals surface area (Å²) >= 11 is 0. The Labute approximate surface area is 154 Å². The van der Waals surface area contributed by atoms with Gasteiger partial charge in [0.05, 0.1) is 5.52 Å². The van der Waals surface area contributed by atoms with Gasteiger partial charge in [0.25, 0.3) is 0 Å². The minimum Gasteiger partial charge on any atom is -0.381 e. The fraction of sp³-hybridized carbons (Fsp3) is 0.273. The first-order chi connectivity index (χ1) is 12.5. The summed E-state index contributed by atoms with van der Waals surface area (Å²) in [6, 6.07) is 18.8. The smallest absolute Gasteiger partial charge is 0.219 e. The van der Waals surface area contributed by atoms with E-state index in [9.17, 15) is 4.79 Å². The second-order valence-corrected chi connectivity index (χ2v) is 6.57. The fourth-order valence-corrected chi connectivity index (χ4v) is 3.04. The summed E-state index contributed by atoms with van der Waals surface area (Å²) in [5, 5.41) is 4.63. The van der Waals surface area contributed by atoms with E-state index in [2.05, 4.69) is 52.8 Å². The third-order valence-electron chi connectivity index (χ3n) is 4.52. The average Bonchev–Trinajstić information content (AvgIpc) is 2.64. The number of hydrogen-bond donors (Lipinski definition) is 1. The minimum atomic E-state index is 0.103. The van der Waals surface area contributed by atoms with Crippen LogP contribution in [-0.4, -0.2) is 22.3 Å². The predicted octanol–water partition coefficient (Wildman–Crippen LogP) is 4.52. The molecule has 2 aromatic carbocycles. The third-order valence-corrected chi connectivity index (χ3v) is 4.52. The third kappa shape index (κ3) is 4.39. The first-order valence-electron chi connectivity index (χ1n) is 9.00. The number of fused-ring (bicyclic) bond motifs is 1. The maximum absolute atomic E-state index is 11.6. The van der Waals surface area contributed by atoms with Crippen molar-refractivity contribution in [2.24, 2.45) is 0 Å². The van der Waals surface area contributed by atoms with Crippen LogP contribution in [0.1, 0.15) is 30.7 Å². The standard InChI is InChI=1S/C22H25N3O/c1-4-25(17(3)26)15-19-6-5-7-21(13-19)23-14-18-9-11-22-20(12-18)10-8-16(2)24-22/h5-13,23H,4,14-15H2,1-3H3. The van der Waals surface area contributed by atoms with E-state index in [0.29, 0.717) is 6.54 Å². The molecule has 0 spiro atoms. The predicted molar refractivity (Wildman–Crippen MR) is 107 cm³/mol. The molecule has 1 heterocycles. The Bertz CT molecular complexity index is 920. The molecule has 134 valence electrons. The average molecular weight is 347 g/mol. The molecule has 4 nitrogen and oxygen atoms in total. The summed E-state index contributed by atoms with van der Waals surface area (Å²) in [5.74, 6) is 0.103. The van der Waals surface area contributed by atoms with E-state index in [4.69, 9.17) is 0 Å². The largest absolute Gasteiger partial charge is 0.381 e. The van der Waals surface area contributed by atoms with E-state index >= 15 is 0 Å².